The van der Waals surface area contributed by atoms with Gasteiger partial charge in [-0.1, -0.05) is 97.0 Å². The molecule has 0 aliphatic carbocycles. The summed E-state index contributed by atoms with van der Waals surface area (Å²) in [5.74, 6) is 0.765. The number of ether oxygens (including phenoxy) is 2. The second-order valence-electron chi connectivity index (χ2n) is 12.5. The van der Waals surface area contributed by atoms with Crippen LogP contribution in [0, 0.1) is 0 Å². The lowest BCUT2D eigenvalue weighted by atomic mass is 9.99. The van der Waals surface area contributed by atoms with Gasteiger partial charge in [0.1, 0.15) is 0 Å². The molecule has 1 saturated heterocycles. The lowest BCUT2D eigenvalue weighted by Gasteiger charge is -2.36. The number of thioether (sulfide) groups is 1. The van der Waals surface area contributed by atoms with Crippen molar-refractivity contribution in [2.45, 2.75) is 75.0 Å². The average Bonchev–Trinajstić information content (AvgIpc) is 3.58. The third-order valence-electron chi connectivity index (χ3n) is 8.67. The van der Waals surface area contributed by atoms with Crippen LogP contribution in [0.4, 0.5) is 0 Å². The van der Waals surface area contributed by atoms with Gasteiger partial charge in [-0.2, -0.15) is 0 Å². The van der Waals surface area contributed by atoms with Gasteiger partial charge in [0, 0.05) is 44.2 Å². The predicted molar refractivity (Wildman–Crippen MR) is 200 cm³/mol. The molecule has 0 saturated carbocycles. The molecule has 1 fully saturated rings. The molecule has 1 aromatic heterocycles. The van der Waals surface area contributed by atoms with E-state index in [0.29, 0.717) is 25.9 Å². The highest BCUT2D eigenvalue weighted by Crippen LogP contribution is 2.40. The Bertz CT molecular complexity index is 1830. The molecule has 0 radical (unpaired) electrons. The highest BCUT2D eigenvalue weighted by atomic mass is 32.2. The Hall–Kier alpha value is -4.06. The van der Waals surface area contributed by atoms with E-state index in [9.17, 15) is 14.7 Å². The van der Waals surface area contributed by atoms with Gasteiger partial charge in [-0.05, 0) is 58.9 Å². The second kappa shape index (κ2) is 17.7. The number of para-hydroxylation sites is 1. The fourth-order valence-corrected chi connectivity index (χ4v) is 8.05. The number of rotatable bonds is 15. The first kappa shape index (κ1) is 35.8. The van der Waals surface area contributed by atoms with E-state index >= 15 is 0 Å². The minimum absolute atomic E-state index is 0.00585. The first-order chi connectivity index (χ1) is 24.4. The number of carbonyl (C=O) groups is 2. The quantitative estimate of drug-likeness (QED) is 0.0745. The largest absolute Gasteiger partial charge is 0.392 e. The topological polar surface area (TPSA) is 110 Å². The number of nitrogens with zero attached hydrogens (tertiary/aromatic N) is 1. The van der Waals surface area contributed by atoms with E-state index in [0.717, 1.165) is 68.3 Å². The molecule has 3 N–H and O–H groups in total. The number of aromatic nitrogens is 1. The van der Waals surface area contributed by atoms with Crippen molar-refractivity contribution in [2.75, 3.05) is 12.3 Å². The molecular formula is C40H43N3O5S2. The van der Waals surface area contributed by atoms with Gasteiger partial charge in [0.15, 0.2) is 10.6 Å². The van der Waals surface area contributed by atoms with Gasteiger partial charge < -0.3 is 25.2 Å². The number of thiazole rings is 1. The van der Waals surface area contributed by atoms with E-state index in [1.54, 1.807) is 23.1 Å². The first-order valence-electron chi connectivity index (χ1n) is 17.1. The molecular weight excluding hydrogens is 667 g/mol. The zero-order valence-corrected chi connectivity index (χ0v) is 29.8. The number of nitrogens with one attached hydrogen (secondary N) is 2. The van der Waals surface area contributed by atoms with Crippen LogP contribution in [-0.2, 0) is 32.2 Å². The van der Waals surface area contributed by atoms with Gasteiger partial charge in [0.25, 0.3) is 0 Å². The fourth-order valence-electron chi connectivity index (χ4n) is 5.93. The Morgan fingerprint density at radius 2 is 1.66 bits per heavy atom. The third kappa shape index (κ3) is 10.0. The van der Waals surface area contributed by atoms with Crippen molar-refractivity contribution in [3.63, 3.8) is 0 Å². The van der Waals surface area contributed by atoms with Crippen molar-refractivity contribution in [1.29, 1.82) is 0 Å². The molecule has 8 nitrogen and oxygen atoms in total. The van der Waals surface area contributed by atoms with Crippen molar-refractivity contribution >= 4 is 45.1 Å². The van der Waals surface area contributed by atoms with E-state index in [1.165, 1.54) is 11.6 Å². The number of fused-ring (bicyclic) bond motifs is 1. The maximum atomic E-state index is 12.4. The summed E-state index contributed by atoms with van der Waals surface area (Å²) in [4.78, 5) is 28.2. The van der Waals surface area contributed by atoms with Crippen LogP contribution < -0.4 is 10.6 Å². The molecule has 3 unspecified atom stereocenters. The van der Waals surface area contributed by atoms with Gasteiger partial charge in [-0.3, -0.25) is 9.59 Å². The fraction of sp³-hybridized carbons (Fsp3) is 0.325. The van der Waals surface area contributed by atoms with E-state index in [4.69, 9.17) is 14.5 Å². The van der Waals surface area contributed by atoms with E-state index in [2.05, 4.69) is 53.1 Å². The molecule has 3 atom stereocenters. The number of unbranched alkanes of at least 4 members (excludes halogenated alkanes) is 2. The molecule has 260 valence electrons. The van der Waals surface area contributed by atoms with E-state index < -0.39 is 6.29 Å². The highest BCUT2D eigenvalue weighted by molar-refractivity contribution is 8.01. The molecule has 2 heterocycles. The Balaban J connectivity index is 1.08. The van der Waals surface area contributed by atoms with Gasteiger partial charge in [0.05, 0.1) is 29.0 Å². The number of carbonyl (C=O) groups excluding carboxylic acids is 2. The summed E-state index contributed by atoms with van der Waals surface area (Å²) in [6.45, 7) is 2.64. The number of amides is 2. The molecule has 1 aliphatic rings. The SMILES string of the molecule is CC(=O)NCCCCCC(=O)NCc1cccc(-c2ccc(C3OC(CSc4nc5ccccc5s4)CC(c4ccc(CO)cc4)O3)cc2)c1. The maximum Gasteiger partial charge on any atom is 0.220 e. The lowest BCUT2D eigenvalue weighted by Crippen LogP contribution is -2.31. The van der Waals surface area contributed by atoms with Gasteiger partial charge >= 0.3 is 0 Å². The van der Waals surface area contributed by atoms with Gasteiger partial charge in [0.2, 0.25) is 11.8 Å². The van der Waals surface area contributed by atoms with Crippen LogP contribution in [0.3, 0.4) is 0 Å². The molecule has 1 aliphatic heterocycles. The summed E-state index contributed by atoms with van der Waals surface area (Å²) in [6.07, 6.45) is 3.02. The minimum Gasteiger partial charge on any atom is -0.392 e. The second-order valence-corrected chi connectivity index (χ2v) is 14.8. The first-order valence-corrected chi connectivity index (χ1v) is 18.9. The molecule has 50 heavy (non-hydrogen) atoms. The smallest absolute Gasteiger partial charge is 0.220 e. The standard InChI is InChI=1S/C40H43N3O5S2/c1-27(45)41-21-6-2-3-12-38(46)42-24-29-8-7-9-33(22-29)30-17-19-32(20-18-30)39-47-34(23-36(48-39)31-15-13-28(25-44)14-16-31)26-49-40-43-35-10-4-5-11-37(35)50-40/h4-5,7-11,13-20,22,34,36,39,44H,2-3,6,12,21,23-26H2,1H3,(H,41,45)(H,42,46). The summed E-state index contributed by atoms with van der Waals surface area (Å²) in [7, 11) is 0. The third-order valence-corrected chi connectivity index (χ3v) is 11.0. The van der Waals surface area contributed by atoms with Crippen LogP contribution in [0.1, 0.15) is 73.7 Å². The summed E-state index contributed by atoms with van der Waals surface area (Å²) in [5.41, 5.74) is 7.07. The van der Waals surface area contributed by atoms with Gasteiger partial charge in [-0.25, -0.2) is 4.98 Å². The van der Waals surface area contributed by atoms with Crippen LogP contribution in [0.15, 0.2) is 101 Å². The van der Waals surface area contributed by atoms with Crippen molar-refractivity contribution in [3.8, 4) is 11.1 Å². The van der Waals surface area contributed by atoms with Crippen LogP contribution in [0.25, 0.3) is 21.3 Å². The van der Waals surface area contributed by atoms with Crippen LogP contribution >= 0.6 is 23.1 Å². The van der Waals surface area contributed by atoms with Crippen molar-refractivity contribution in [2.24, 2.45) is 0 Å². The average molecular weight is 710 g/mol. The molecule has 4 aromatic carbocycles. The van der Waals surface area contributed by atoms with Gasteiger partial charge in [-0.15, -0.1) is 11.3 Å². The number of aliphatic hydroxyl groups is 1. The lowest BCUT2D eigenvalue weighted by molar-refractivity contribution is -0.245. The van der Waals surface area contributed by atoms with Crippen molar-refractivity contribution < 1.29 is 24.2 Å². The number of aliphatic hydroxyl groups excluding tert-OH is 1. The summed E-state index contributed by atoms with van der Waals surface area (Å²) >= 11 is 3.43. The number of hydrogen-bond acceptors (Lipinski definition) is 8. The Morgan fingerprint density at radius 3 is 2.44 bits per heavy atom. The van der Waals surface area contributed by atoms with Crippen molar-refractivity contribution in [3.05, 3.63) is 119 Å². The normalized spacial score (nSPS) is 17.4. The summed E-state index contributed by atoms with van der Waals surface area (Å²) in [6, 6.07) is 32.7. The van der Waals surface area contributed by atoms with Crippen LogP contribution in [0.5, 0.6) is 0 Å². The Kier molecular flexibility index (Phi) is 12.7. The predicted octanol–water partition coefficient (Wildman–Crippen LogP) is 8.11. The number of hydrogen-bond donors (Lipinski definition) is 3. The van der Waals surface area contributed by atoms with Crippen LogP contribution in [0.2, 0.25) is 0 Å². The zero-order chi connectivity index (χ0) is 34.7. The van der Waals surface area contributed by atoms with Crippen LogP contribution in [-0.4, -0.2) is 40.3 Å². The molecule has 6 rings (SSSR count). The molecule has 2 amide bonds. The molecule has 10 heteroatoms. The minimum atomic E-state index is -0.534. The van der Waals surface area contributed by atoms with Crippen molar-refractivity contribution in [1.82, 2.24) is 15.6 Å². The van der Waals surface area contributed by atoms with E-state index in [1.807, 2.05) is 54.6 Å². The molecule has 5 aromatic rings. The Morgan fingerprint density at radius 1 is 0.860 bits per heavy atom. The zero-order valence-electron chi connectivity index (χ0n) is 28.2. The molecule has 0 spiro atoms. The molecule has 0 bridgehead atoms. The monoisotopic (exact) mass is 709 g/mol. The van der Waals surface area contributed by atoms with E-state index in [-0.39, 0.29) is 30.6 Å². The maximum absolute atomic E-state index is 12.4. The Labute approximate surface area is 301 Å². The number of benzene rings is 4. The highest BCUT2D eigenvalue weighted by Gasteiger charge is 2.32. The summed E-state index contributed by atoms with van der Waals surface area (Å²) < 4.78 is 15.4. The summed E-state index contributed by atoms with van der Waals surface area (Å²) in [5, 5.41) is 15.4.